The van der Waals surface area contributed by atoms with E-state index in [0.717, 1.165) is 0 Å². The van der Waals surface area contributed by atoms with E-state index in [1.165, 1.54) is 10.7 Å². The standard InChI is InChI=1S/C11H17N7O3/c1-21-5-4-17(3-2-8(12)16-20)9-6-10-14-15-11(19)18(10)7-13-9/h6-7,20H,2-5H2,1H3,(H2,12,16)(H,15,19). The minimum absolute atomic E-state index is 0.134. The zero-order valence-electron chi connectivity index (χ0n) is 11.6. The summed E-state index contributed by atoms with van der Waals surface area (Å²) in [6, 6.07) is 1.68. The number of anilines is 1. The fourth-order valence-electron chi connectivity index (χ4n) is 1.81. The van der Waals surface area contributed by atoms with Crippen LogP contribution in [0.4, 0.5) is 5.82 Å². The van der Waals surface area contributed by atoms with Crippen LogP contribution in [0.2, 0.25) is 0 Å². The summed E-state index contributed by atoms with van der Waals surface area (Å²) in [6.45, 7) is 1.57. The first kappa shape index (κ1) is 14.8. The summed E-state index contributed by atoms with van der Waals surface area (Å²) in [4.78, 5) is 17.5. The van der Waals surface area contributed by atoms with Gasteiger partial charge >= 0.3 is 5.69 Å². The van der Waals surface area contributed by atoms with E-state index >= 15 is 0 Å². The average Bonchev–Trinajstić information content (AvgIpc) is 2.88. The molecule has 0 aliphatic heterocycles. The molecule has 0 aliphatic rings. The lowest BCUT2D eigenvalue weighted by Crippen LogP contribution is -2.32. The molecule has 0 amide bonds. The molecule has 10 nitrogen and oxygen atoms in total. The van der Waals surface area contributed by atoms with Crippen molar-refractivity contribution < 1.29 is 9.94 Å². The second kappa shape index (κ2) is 6.70. The van der Waals surface area contributed by atoms with Gasteiger partial charge in [-0.05, 0) is 0 Å². The van der Waals surface area contributed by atoms with Crippen molar-refractivity contribution >= 4 is 17.3 Å². The van der Waals surface area contributed by atoms with Crippen LogP contribution < -0.4 is 16.3 Å². The van der Waals surface area contributed by atoms with E-state index in [1.54, 1.807) is 13.2 Å². The molecule has 0 bridgehead atoms. The fraction of sp³-hybridized carbons (Fsp3) is 0.455. The number of amidine groups is 1. The fourth-order valence-corrected chi connectivity index (χ4v) is 1.81. The van der Waals surface area contributed by atoms with Crippen molar-refractivity contribution in [3.63, 3.8) is 0 Å². The number of H-pyrrole nitrogens is 1. The summed E-state index contributed by atoms with van der Waals surface area (Å²) in [5.41, 5.74) is 5.61. The van der Waals surface area contributed by atoms with E-state index in [4.69, 9.17) is 15.7 Å². The highest BCUT2D eigenvalue weighted by molar-refractivity contribution is 5.80. The molecule has 4 N–H and O–H groups in total. The van der Waals surface area contributed by atoms with Gasteiger partial charge in [-0.2, -0.15) is 5.10 Å². The number of ether oxygens (including phenoxy) is 1. The monoisotopic (exact) mass is 295 g/mol. The van der Waals surface area contributed by atoms with Crippen LogP contribution >= 0.6 is 0 Å². The van der Waals surface area contributed by atoms with Crippen molar-refractivity contribution in [2.45, 2.75) is 6.42 Å². The number of fused-ring (bicyclic) bond motifs is 1. The lowest BCUT2D eigenvalue weighted by molar-refractivity contribution is 0.205. The number of aromatic nitrogens is 4. The van der Waals surface area contributed by atoms with Gasteiger partial charge in [0.15, 0.2) is 5.65 Å². The van der Waals surface area contributed by atoms with Gasteiger partial charge in [-0.25, -0.2) is 19.3 Å². The van der Waals surface area contributed by atoms with Crippen molar-refractivity contribution in [3.8, 4) is 0 Å². The molecule has 114 valence electrons. The van der Waals surface area contributed by atoms with E-state index in [9.17, 15) is 4.79 Å². The van der Waals surface area contributed by atoms with Gasteiger partial charge in [-0.1, -0.05) is 5.16 Å². The molecule has 0 atom stereocenters. The molecular weight excluding hydrogens is 278 g/mol. The van der Waals surface area contributed by atoms with Crippen molar-refractivity contribution in [2.75, 3.05) is 31.7 Å². The van der Waals surface area contributed by atoms with Crippen LogP contribution in [0, 0.1) is 0 Å². The molecular formula is C11H17N7O3. The number of methoxy groups -OCH3 is 1. The second-order valence-electron chi connectivity index (χ2n) is 4.33. The summed E-state index contributed by atoms with van der Waals surface area (Å²) in [7, 11) is 1.60. The van der Waals surface area contributed by atoms with E-state index < -0.39 is 0 Å². The van der Waals surface area contributed by atoms with Crippen LogP contribution in [-0.4, -0.2) is 57.4 Å². The van der Waals surface area contributed by atoms with Gasteiger partial charge in [0.2, 0.25) is 0 Å². The van der Waals surface area contributed by atoms with Gasteiger partial charge in [-0.15, -0.1) is 0 Å². The predicted molar refractivity (Wildman–Crippen MR) is 75.7 cm³/mol. The van der Waals surface area contributed by atoms with Crippen molar-refractivity contribution in [3.05, 3.63) is 22.9 Å². The Morgan fingerprint density at radius 2 is 2.43 bits per heavy atom. The molecule has 0 aromatic carbocycles. The van der Waals surface area contributed by atoms with Crippen LogP contribution in [-0.2, 0) is 4.74 Å². The minimum atomic E-state index is -0.343. The summed E-state index contributed by atoms with van der Waals surface area (Å²) in [6.07, 6.45) is 1.78. The van der Waals surface area contributed by atoms with E-state index in [-0.39, 0.29) is 11.5 Å². The highest BCUT2D eigenvalue weighted by atomic mass is 16.5. The Bertz CT molecular complexity index is 678. The maximum atomic E-state index is 11.4. The number of nitrogens with zero attached hydrogens (tertiary/aromatic N) is 5. The molecule has 2 aromatic rings. The van der Waals surface area contributed by atoms with Crippen LogP contribution in [0.5, 0.6) is 0 Å². The number of hydrogen-bond donors (Lipinski definition) is 3. The van der Waals surface area contributed by atoms with Crippen molar-refractivity contribution in [2.24, 2.45) is 10.9 Å². The number of rotatable bonds is 7. The van der Waals surface area contributed by atoms with Crippen LogP contribution in [0.1, 0.15) is 6.42 Å². The number of oxime groups is 1. The predicted octanol–water partition coefficient (Wildman–Crippen LogP) is -0.993. The van der Waals surface area contributed by atoms with Crippen LogP contribution in [0.25, 0.3) is 5.65 Å². The zero-order chi connectivity index (χ0) is 15.2. The molecule has 0 radical (unpaired) electrons. The lowest BCUT2D eigenvalue weighted by Gasteiger charge is -2.22. The number of hydrogen-bond acceptors (Lipinski definition) is 7. The highest BCUT2D eigenvalue weighted by Gasteiger charge is 2.11. The second-order valence-corrected chi connectivity index (χ2v) is 4.33. The van der Waals surface area contributed by atoms with E-state index in [0.29, 0.717) is 37.6 Å². The van der Waals surface area contributed by atoms with Crippen LogP contribution in [0.15, 0.2) is 22.3 Å². The topological polar surface area (TPSA) is 134 Å². The minimum Gasteiger partial charge on any atom is -0.409 e. The van der Waals surface area contributed by atoms with E-state index in [1.807, 2.05) is 4.90 Å². The van der Waals surface area contributed by atoms with Gasteiger partial charge in [0.1, 0.15) is 18.0 Å². The van der Waals surface area contributed by atoms with Crippen molar-refractivity contribution in [1.29, 1.82) is 0 Å². The molecule has 21 heavy (non-hydrogen) atoms. The molecule has 0 aliphatic carbocycles. The lowest BCUT2D eigenvalue weighted by atomic mass is 10.3. The molecule has 2 heterocycles. The normalized spacial score (nSPS) is 12.0. The Balaban J connectivity index is 2.22. The third-order valence-electron chi connectivity index (χ3n) is 2.95. The first-order chi connectivity index (χ1) is 10.2. The summed E-state index contributed by atoms with van der Waals surface area (Å²) < 4.78 is 6.37. The molecule has 0 saturated heterocycles. The average molecular weight is 295 g/mol. The summed E-state index contributed by atoms with van der Waals surface area (Å²) in [5, 5.41) is 17.8. The van der Waals surface area contributed by atoms with Crippen molar-refractivity contribution in [1.82, 2.24) is 19.6 Å². The maximum Gasteiger partial charge on any atom is 0.348 e. The molecule has 0 spiro atoms. The Hall–Kier alpha value is -2.62. The maximum absolute atomic E-state index is 11.4. The van der Waals surface area contributed by atoms with E-state index in [2.05, 4.69) is 20.3 Å². The van der Waals surface area contributed by atoms with Gasteiger partial charge < -0.3 is 20.6 Å². The molecule has 0 saturated carbocycles. The molecule has 0 fully saturated rings. The number of aromatic amines is 1. The van der Waals surface area contributed by atoms with Gasteiger partial charge in [-0.3, -0.25) is 0 Å². The van der Waals surface area contributed by atoms with Gasteiger partial charge in [0.25, 0.3) is 0 Å². The highest BCUT2D eigenvalue weighted by Crippen LogP contribution is 2.11. The smallest absolute Gasteiger partial charge is 0.348 e. The third-order valence-corrected chi connectivity index (χ3v) is 2.95. The van der Waals surface area contributed by atoms with Crippen LogP contribution in [0.3, 0.4) is 0 Å². The summed E-state index contributed by atoms with van der Waals surface area (Å²) >= 11 is 0. The zero-order valence-corrected chi connectivity index (χ0v) is 11.6. The first-order valence-electron chi connectivity index (χ1n) is 6.28. The number of nitrogens with one attached hydrogen (secondary N) is 1. The largest absolute Gasteiger partial charge is 0.409 e. The quantitative estimate of drug-likeness (QED) is 0.258. The Morgan fingerprint density at radius 3 is 3.14 bits per heavy atom. The third kappa shape index (κ3) is 3.48. The Labute approximate surface area is 119 Å². The number of nitrogens with two attached hydrogens (primary N) is 1. The Morgan fingerprint density at radius 1 is 1.62 bits per heavy atom. The van der Waals surface area contributed by atoms with Gasteiger partial charge in [0, 0.05) is 32.7 Å². The Kier molecular flexibility index (Phi) is 4.72. The molecule has 2 aromatic heterocycles. The SMILES string of the molecule is COCCN(CCC(N)=NO)c1cc2n[nH]c(=O)n2cn1. The van der Waals surface area contributed by atoms with Gasteiger partial charge in [0.05, 0.1) is 6.61 Å². The molecule has 10 heteroatoms. The molecule has 2 rings (SSSR count). The first-order valence-corrected chi connectivity index (χ1v) is 6.28. The molecule has 0 unspecified atom stereocenters. The summed E-state index contributed by atoms with van der Waals surface area (Å²) in [5.74, 6) is 0.763.